The van der Waals surface area contributed by atoms with Crippen molar-refractivity contribution in [2.45, 2.75) is 32.2 Å². The first-order valence-electron chi connectivity index (χ1n) is 5.76. The molecule has 1 fully saturated rings. The highest BCUT2D eigenvalue weighted by Gasteiger charge is 2.25. The predicted molar refractivity (Wildman–Crippen MR) is 62.4 cm³/mol. The average molecular weight is 219 g/mol. The molecule has 86 valence electrons. The molecule has 1 saturated carbocycles. The Balaban J connectivity index is 1.94. The molecular weight excluding hydrogens is 202 g/mol. The SMILES string of the molecule is CC(NC(=O)c1ccc(O)cc1)C1CCC1. The molecule has 3 nitrogen and oxygen atoms in total. The van der Waals surface area contributed by atoms with Crippen molar-refractivity contribution in [3.05, 3.63) is 29.8 Å². The summed E-state index contributed by atoms with van der Waals surface area (Å²) in [7, 11) is 0. The fourth-order valence-corrected chi connectivity index (χ4v) is 1.96. The Morgan fingerprint density at radius 3 is 2.50 bits per heavy atom. The maximum absolute atomic E-state index is 11.8. The zero-order valence-corrected chi connectivity index (χ0v) is 9.44. The molecule has 2 N–H and O–H groups in total. The van der Waals surface area contributed by atoms with E-state index in [0.29, 0.717) is 11.5 Å². The smallest absolute Gasteiger partial charge is 0.251 e. The first-order chi connectivity index (χ1) is 7.66. The fraction of sp³-hybridized carbons (Fsp3) is 0.462. The van der Waals surface area contributed by atoms with Gasteiger partial charge in [-0.15, -0.1) is 0 Å². The van der Waals surface area contributed by atoms with Crippen molar-refractivity contribution in [3.8, 4) is 5.75 Å². The molecule has 0 aliphatic heterocycles. The van der Waals surface area contributed by atoms with Crippen molar-refractivity contribution in [2.24, 2.45) is 5.92 Å². The molecule has 0 heterocycles. The summed E-state index contributed by atoms with van der Waals surface area (Å²) in [5.74, 6) is 0.768. The summed E-state index contributed by atoms with van der Waals surface area (Å²) in [6.07, 6.45) is 3.72. The van der Waals surface area contributed by atoms with Gasteiger partial charge in [-0.1, -0.05) is 6.42 Å². The number of amides is 1. The second-order valence-electron chi connectivity index (χ2n) is 4.50. The van der Waals surface area contributed by atoms with E-state index in [4.69, 9.17) is 5.11 Å². The third-order valence-electron chi connectivity index (χ3n) is 3.35. The predicted octanol–water partition coefficient (Wildman–Crippen LogP) is 2.31. The first-order valence-corrected chi connectivity index (χ1v) is 5.76. The lowest BCUT2D eigenvalue weighted by molar-refractivity contribution is 0.0909. The molecule has 3 heteroatoms. The lowest BCUT2D eigenvalue weighted by Crippen LogP contribution is -2.40. The second-order valence-corrected chi connectivity index (χ2v) is 4.50. The van der Waals surface area contributed by atoms with Crippen LogP contribution in [-0.2, 0) is 0 Å². The van der Waals surface area contributed by atoms with Crippen LogP contribution in [0.15, 0.2) is 24.3 Å². The maximum atomic E-state index is 11.8. The number of phenols is 1. The van der Waals surface area contributed by atoms with E-state index in [0.717, 1.165) is 0 Å². The minimum absolute atomic E-state index is 0.0561. The van der Waals surface area contributed by atoms with Crippen molar-refractivity contribution in [3.63, 3.8) is 0 Å². The molecule has 1 aliphatic rings. The van der Waals surface area contributed by atoms with Gasteiger partial charge in [-0.3, -0.25) is 4.79 Å². The molecule has 0 radical (unpaired) electrons. The van der Waals surface area contributed by atoms with Crippen LogP contribution in [0.1, 0.15) is 36.5 Å². The molecule has 1 atom stereocenters. The molecule has 1 aliphatic carbocycles. The van der Waals surface area contributed by atoms with E-state index in [9.17, 15) is 4.79 Å². The number of benzene rings is 1. The summed E-state index contributed by atoms with van der Waals surface area (Å²) in [6.45, 7) is 2.06. The standard InChI is InChI=1S/C13H17NO2/c1-9(10-3-2-4-10)14-13(16)11-5-7-12(15)8-6-11/h5-10,15H,2-4H2,1H3,(H,14,16). The third kappa shape index (κ3) is 2.35. The average Bonchev–Trinajstić information content (AvgIpc) is 2.15. The normalized spacial score (nSPS) is 17.6. The van der Waals surface area contributed by atoms with E-state index >= 15 is 0 Å². The van der Waals surface area contributed by atoms with Crippen LogP contribution in [0.4, 0.5) is 0 Å². The molecule has 0 spiro atoms. The Bertz CT molecular complexity index is 368. The monoisotopic (exact) mass is 219 g/mol. The highest BCUT2D eigenvalue weighted by Crippen LogP contribution is 2.29. The van der Waals surface area contributed by atoms with Crippen LogP contribution < -0.4 is 5.32 Å². The van der Waals surface area contributed by atoms with Crippen LogP contribution in [0.5, 0.6) is 5.75 Å². The lowest BCUT2D eigenvalue weighted by atomic mass is 9.80. The highest BCUT2D eigenvalue weighted by molar-refractivity contribution is 5.94. The zero-order valence-electron chi connectivity index (χ0n) is 9.44. The highest BCUT2D eigenvalue weighted by atomic mass is 16.3. The van der Waals surface area contributed by atoms with Crippen LogP contribution in [0.3, 0.4) is 0 Å². The van der Waals surface area contributed by atoms with Crippen molar-refractivity contribution < 1.29 is 9.90 Å². The lowest BCUT2D eigenvalue weighted by Gasteiger charge is -2.31. The van der Waals surface area contributed by atoms with Crippen molar-refractivity contribution in [1.82, 2.24) is 5.32 Å². The molecule has 1 aromatic rings. The molecular formula is C13H17NO2. The molecule has 2 rings (SSSR count). The summed E-state index contributed by atoms with van der Waals surface area (Å²) in [6, 6.07) is 6.58. The van der Waals surface area contributed by atoms with Gasteiger partial charge < -0.3 is 10.4 Å². The van der Waals surface area contributed by atoms with Crippen molar-refractivity contribution >= 4 is 5.91 Å². The van der Waals surface area contributed by atoms with Crippen LogP contribution in [0.2, 0.25) is 0 Å². The van der Waals surface area contributed by atoms with Gasteiger partial charge in [0.15, 0.2) is 0 Å². The van der Waals surface area contributed by atoms with Gasteiger partial charge in [-0.05, 0) is 49.9 Å². The molecule has 0 bridgehead atoms. The van der Waals surface area contributed by atoms with Crippen molar-refractivity contribution in [2.75, 3.05) is 0 Å². The molecule has 16 heavy (non-hydrogen) atoms. The van der Waals surface area contributed by atoms with E-state index in [1.807, 2.05) is 0 Å². The summed E-state index contributed by atoms with van der Waals surface area (Å²) >= 11 is 0. The zero-order chi connectivity index (χ0) is 11.5. The Morgan fingerprint density at radius 1 is 1.38 bits per heavy atom. The Morgan fingerprint density at radius 2 is 2.00 bits per heavy atom. The van der Waals surface area contributed by atoms with Gasteiger partial charge in [0.05, 0.1) is 0 Å². The maximum Gasteiger partial charge on any atom is 0.251 e. The quantitative estimate of drug-likeness (QED) is 0.819. The minimum Gasteiger partial charge on any atom is -0.508 e. The Hall–Kier alpha value is -1.51. The van der Waals surface area contributed by atoms with Crippen molar-refractivity contribution in [1.29, 1.82) is 0 Å². The first kappa shape index (κ1) is 11.0. The van der Waals surface area contributed by atoms with Crippen LogP contribution in [-0.4, -0.2) is 17.1 Å². The van der Waals surface area contributed by atoms with Gasteiger partial charge in [0.2, 0.25) is 0 Å². The number of carbonyl (C=O) groups is 1. The van der Waals surface area contributed by atoms with E-state index in [1.165, 1.54) is 31.4 Å². The van der Waals surface area contributed by atoms with Crippen LogP contribution >= 0.6 is 0 Å². The molecule has 0 aromatic heterocycles. The molecule has 1 unspecified atom stereocenters. The number of phenolic OH excluding ortho intramolecular Hbond substituents is 1. The number of hydrogen-bond donors (Lipinski definition) is 2. The summed E-state index contributed by atoms with van der Waals surface area (Å²) < 4.78 is 0. The van der Waals surface area contributed by atoms with Gasteiger partial charge in [0.1, 0.15) is 5.75 Å². The van der Waals surface area contributed by atoms with Gasteiger partial charge in [-0.25, -0.2) is 0 Å². The number of rotatable bonds is 3. The molecule has 1 aromatic carbocycles. The Labute approximate surface area is 95.5 Å². The van der Waals surface area contributed by atoms with Crippen LogP contribution in [0.25, 0.3) is 0 Å². The van der Waals surface area contributed by atoms with E-state index < -0.39 is 0 Å². The number of carbonyl (C=O) groups excluding carboxylic acids is 1. The van der Waals surface area contributed by atoms with E-state index in [1.54, 1.807) is 12.1 Å². The second kappa shape index (κ2) is 4.56. The topological polar surface area (TPSA) is 49.3 Å². The number of nitrogens with one attached hydrogen (secondary N) is 1. The van der Waals surface area contributed by atoms with Crippen LogP contribution in [0, 0.1) is 5.92 Å². The fourth-order valence-electron chi connectivity index (χ4n) is 1.96. The Kier molecular flexibility index (Phi) is 3.13. The molecule has 0 saturated heterocycles. The summed E-state index contributed by atoms with van der Waals surface area (Å²) in [4.78, 5) is 11.8. The largest absolute Gasteiger partial charge is 0.508 e. The summed E-state index contributed by atoms with van der Waals surface area (Å²) in [5.41, 5.74) is 0.601. The van der Waals surface area contributed by atoms with Gasteiger partial charge in [0.25, 0.3) is 5.91 Å². The van der Waals surface area contributed by atoms with E-state index in [2.05, 4.69) is 12.2 Å². The van der Waals surface area contributed by atoms with Gasteiger partial charge >= 0.3 is 0 Å². The van der Waals surface area contributed by atoms with E-state index in [-0.39, 0.29) is 17.7 Å². The molecule has 1 amide bonds. The number of hydrogen-bond acceptors (Lipinski definition) is 2. The third-order valence-corrected chi connectivity index (χ3v) is 3.35. The minimum atomic E-state index is -0.0561. The van der Waals surface area contributed by atoms with Gasteiger partial charge in [0, 0.05) is 11.6 Å². The number of aromatic hydroxyl groups is 1. The van der Waals surface area contributed by atoms with Gasteiger partial charge in [-0.2, -0.15) is 0 Å². The summed E-state index contributed by atoms with van der Waals surface area (Å²) in [5, 5.41) is 12.1.